The summed E-state index contributed by atoms with van der Waals surface area (Å²) >= 11 is 0. The fraction of sp³-hybridized carbons (Fsp3) is 0.300. The van der Waals surface area contributed by atoms with Crippen LogP contribution in [0.2, 0.25) is 0 Å². The Morgan fingerprint density at radius 1 is 1.08 bits per heavy atom. The van der Waals surface area contributed by atoms with Crippen molar-refractivity contribution in [3.05, 3.63) is 59.7 Å². The first-order chi connectivity index (χ1) is 12.0. The highest BCUT2D eigenvalue weighted by Crippen LogP contribution is 2.19. The fourth-order valence-electron chi connectivity index (χ4n) is 2.29. The van der Waals surface area contributed by atoms with Gasteiger partial charge in [-0.2, -0.15) is 0 Å². The Morgan fingerprint density at radius 2 is 1.84 bits per heavy atom. The van der Waals surface area contributed by atoms with Gasteiger partial charge in [-0.3, -0.25) is 4.79 Å². The van der Waals surface area contributed by atoms with Gasteiger partial charge < -0.3 is 15.4 Å². The Balaban J connectivity index is 1.76. The van der Waals surface area contributed by atoms with Gasteiger partial charge >= 0.3 is 6.03 Å². The van der Waals surface area contributed by atoms with E-state index in [1.807, 2.05) is 18.2 Å². The van der Waals surface area contributed by atoms with E-state index < -0.39 is 0 Å². The molecule has 0 fully saturated rings. The maximum atomic E-state index is 11.9. The predicted molar refractivity (Wildman–Crippen MR) is 99.5 cm³/mol. The summed E-state index contributed by atoms with van der Waals surface area (Å²) < 4.78 is 5.66. The summed E-state index contributed by atoms with van der Waals surface area (Å²) in [6.07, 6.45) is 0. The minimum atomic E-state index is -0.333. The monoisotopic (exact) mass is 340 g/mol. The largest absolute Gasteiger partial charge is 0.492 e. The number of amides is 2. The molecule has 2 amide bonds. The molecule has 2 rings (SSSR count). The molecule has 0 bridgehead atoms. The van der Waals surface area contributed by atoms with Gasteiger partial charge in [0, 0.05) is 11.3 Å². The highest BCUT2D eigenvalue weighted by atomic mass is 16.5. The maximum absolute atomic E-state index is 11.9. The second-order valence-electron chi connectivity index (χ2n) is 6.09. The van der Waals surface area contributed by atoms with Crippen LogP contribution in [0.15, 0.2) is 48.5 Å². The lowest BCUT2D eigenvalue weighted by Crippen LogP contribution is -2.32. The molecular formula is C20H24N2O3. The quantitative estimate of drug-likeness (QED) is 0.586. The molecule has 0 aliphatic heterocycles. The van der Waals surface area contributed by atoms with E-state index in [1.165, 1.54) is 12.5 Å². The number of carbonyl (C=O) groups excluding carboxylic acids is 2. The molecule has 0 atom stereocenters. The zero-order valence-corrected chi connectivity index (χ0v) is 14.8. The zero-order chi connectivity index (χ0) is 18.2. The molecule has 0 heterocycles. The number of ether oxygens (including phenoxy) is 1. The van der Waals surface area contributed by atoms with E-state index in [0.717, 1.165) is 5.75 Å². The third-order valence-electron chi connectivity index (χ3n) is 3.71. The summed E-state index contributed by atoms with van der Waals surface area (Å²) in [7, 11) is 0. The standard InChI is InChI=1S/C20H24N2O3/c1-14(2)16-6-5-9-19(13-16)25-11-10-21-20(24)22-18-8-4-7-17(12-18)15(3)23/h4-9,12-14H,10-11H2,1-3H3,(H2,21,22,24). The van der Waals surface area contributed by atoms with Gasteiger partial charge in [-0.05, 0) is 42.7 Å². The summed E-state index contributed by atoms with van der Waals surface area (Å²) in [5.41, 5.74) is 2.36. The topological polar surface area (TPSA) is 67.4 Å². The van der Waals surface area contributed by atoms with Crippen LogP contribution in [0, 0.1) is 0 Å². The average Bonchev–Trinajstić information content (AvgIpc) is 2.59. The predicted octanol–water partition coefficient (Wildman–Crippen LogP) is 4.21. The highest BCUT2D eigenvalue weighted by molar-refractivity contribution is 5.96. The summed E-state index contributed by atoms with van der Waals surface area (Å²) in [6, 6.07) is 14.4. The van der Waals surface area contributed by atoms with E-state index in [4.69, 9.17) is 4.74 Å². The highest BCUT2D eigenvalue weighted by Gasteiger charge is 2.05. The summed E-state index contributed by atoms with van der Waals surface area (Å²) in [6.45, 7) is 6.51. The number of urea groups is 1. The van der Waals surface area contributed by atoms with E-state index in [0.29, 0.717) is 30.3 Å². The van der Waals surface area contributed by atoms with Gasteiger partial charge in [0.2, 0.25) is 0 Å². The molecule has 0 saturated heterocycles. The van der Waals surface area contributed by atoms with Gasteiger partial charge in [0.05, 0.1) is 6.54 Å². The molecule has 132 valence electrons. The third kappa shape index (κ3) is 5.95. The Labute approximate surface area is 148 Å². The summed E-state index contributed by atoms with van der Waals surface area (Å²) in [5.74, 6) is 1.20. The maximum Gasteiger partial charge on any atom is 0.319 e. The van der Waals surface area contributed by atoms with Crippen molar-refractivity contribution >= 4 is 17.5 Å². The van der Waals surface area contributed by atoms with Crippen molar-refractivity contribution in [3.8, 4) is 5.75 Å². The van der Waals surface area contributed by atoms with Gasteiger partial charge in [0.15, 0.2) is 5.78 Å². The number of ketones is 1. The first-order valence-corrected chi connectivity index (χ1v) is 8.34. The minimum Gasteiger partial charge on any atom is -0.492 e. The van der Waals surface area contributed by atoms with Crippen molar-refractivity contribution in [2.45, 2.75) is 26.7 Å². The molecule has 2 aromatic rings. The molecule has 5 heteroatoms. The molecule has 0 spiro atoms. The lowest BCUT2D eigenvalue weighted by Gasteiger charge is -2.11. The molecule has 0 aliphatic carbocycles. The molecule has 0 unspecified atom stereocenters. The zero-order valence-electron chi connectivity index (χ0n) is 14.8. The Bertz CT molecular complexity index is 741. The minimum absolute atomic E-state index is 0.0407. The van der Waals surface area contributed by atoms with Crippen LogP contribution in [-0.4, -0.2) is 25.0 Å². The van der Waals surface area contributed by atoms with Crippen molar-refractivity contribution in [2.75, 3.05) is 18.5 Å². The van der Waals surface area contributed by atoms with Crippen molar-refractivity contribution in [1.82, 2.24) is 5.32 Å². The van der Waals surface area contributed by atoms with Crippen LogP contribution in [0.4, 0.5) is 10.5 Å². The summed E-state index contributed by atoms with van der Waals surface area (Å²) in [4.78, 5) is 23.2. The lowest BCUT2D eigenvalue weighted by molar-refractivity contribution is 0.101. The van der Waals surface area contributed by atoms with Crippen molar-refractivity contribution in [1.29, 1.82) is 0 Å². The molecule has 0 radical (unpaired) electrons. The number of nitrogens with one attached hydrogen (secondary N) is 2. The first kappa shape index (κ1) is 18.5. The van der Waals surface area contributed by atoms with E-state index in [-0.39, 0.29) is 11.8 Å². The number of hydrogen-bond acceptors (Lipinski definition) is 3. The number of carbonyl (C=O) groups is 2. The number of benzene rings is 2. The smallest absolute Gasteiger partial charge is 0.319 e. The van der Waals surface area contributed by atoms with E-state index in [2.05, 4.69) is 30.5 Å². The SMILES string of the molecule is CC(=O)c1cccc(NC(=O)NCCOc2cccc(C(C)C)c2)c1. The molecular weight excluding hydrogens is 316 g/mol. The van der Waals surface area contributed by atoms with Gasteiger partial charge in [0.25, 0.3) is 0 Å². The van der Waals surface area contributed by atoms with Crippen LogP contribution in [0.25, 0.3) is 0 Å². The lowest BCUT2D eigenvalue weighted by atomic mass is 10.0. The molecule has 25 heavy (non-hydrogen) atoms. The van der Waals surface area contributed by atoms with Crippen molar-refractivity contribution in [3.63, 3.8) is 0 Å². The van der Waals surface area contributed by atoms with E-state index in [1.54, 1.807) is 24.3 Å². The number of anilines is 1. The molecule has 2 N–H and O–H groups in total. The van der Waals surface area contributed by atoms with Crippen LogP contribution >= 0.6 is 0 Å². The van der Waals surface area contributed by atoms with Crippen LogP contribution in [0.5, 0.6) is 5.75 Å². The van der Waals surface area contributed by atoms with E-state index in [9.17, 15) is 9.59 Å². The third-order valence-corrected chi connectivity index (χ3v) is 3.71. The van der Waals surface area contributed by atoms with Crippen LogP contribution in [0.1, 0.15) is 42.6 Å². The van der Waals surface area contributed by atoms with Gasteiger partial charge in [0.1, 0.15) is 12.4 Å². The molecule has 2 aromatic carbocycles. The van der Waals surface area contributed by atoms with Crippen molar-refractivity contribution < 1.29 is 14.3 Å². The van der Waals surface area contributed by atoms with Gasteiger partial charge in [-0.15, -0.1) is 0 Å². The second kappa shape index (κ2) is 8.87. The fourth-order valence-corrected chi connectivity index (χ4v) is 2.29. The van der Waals surface area contributed by atoms with Crippen LogP contribution < -0.4 is 15.4 Å². The second-order valence-corrected chi connectivity index (χ2v) is 6.09. The van der Waals surface area contributed by atoms with Gasteiger partial charge in [-0.1, -0.05) is 38.1 Å². The first-order valence-electron chi connectivity index (χ1n) is 8.34. The Morgan fingerprint density at radius 3 is 2.56 bits per heavy atom. The van der Waals surface area contributed by atoms with Crippen LogP contribution in [-0.2, 0) is 0 Å². The molecule has 0 aliphatic rings. The van der Waals surface area contributed by atoms with Gasteiger partial charge in [-0.25, -0.2) is 4.79 Å². The molecule has 5 nitrogen and oxygen atoms in total. The Hall–Kier alpha value is -2.82. The number of rotatable bonds is 7. The molecule has 0 saturated carbocycles. The normalized spacial score (nSPS) is 10.4. The average molecular weight is 340 g/mol. The van der Waals surface area contributed by atoms with E-state index >= 15 is 0 Å². The van der Waals surface area contributed by atoms with Crippen LogP contribution in [0.3, 0.4) is 0 Å². The number of hydrogen-bond donors (Lipinski definition) is 2. The molecule has 0 aromatic heterocycles. The van der Waals surface area contributed by atoms with Crippen molar-refractivity contribution in [2.24, 2.45) is 0 Å². The summed E-state index contributed by atoms with van der Waals surface area (Å²) in [5, 5.41) is 5.43. The Kier molecular flexibility index (Phi) is 6.57. The number of Topliss-reactive ketones (excluding diaryl/α,β-unsaturated/α-hetero) is 1.